The predicted molar refractivity (Wildman–Crippen MR) is 94.9 cm³/mol. The maximum absolute atomic E-state index is 11.9. The zero-order valence-electron chi connectivity index (χ0n) is 13.7. The number of hydrogen-bond donors (Lipinski definition) is 3. The van der Waals surface area contributed by atoms with Crippen LogP contribution in [-0.2, 0) is 15.8 Å². The van der Waals surface area contributed by atoms with Crippen molar-refractivity contribution >= 4 is 21.7 Å². The molecule has 0 aliphatic carbocycles. The molecule has 0 spiro atoms. The van der Waals surface area contributed by atoms with Gasteiger partial charge in [0.15, 0.2) is 0 Å². The third kappa shape index (κ3) is 6.77. The van der Waals surface area contributed by atoms with Gasteiger partial charge in [-0.2, -0.15) is 0 Å². The van der Waals surface area contributed by atoms with Crippen LogP contribution in [0, 0.1) is 0 Å². The van der Waals surface area contributed by atoms with Crippen LogP contribution in [0.4, 0.5) is 10.5 Å². The van der Waals surface area contributed by atoms with E-state index in [1.54, 1.807) is 36.4 Å². The fourth-order valence-electron chi connectivity index (χ4n) is 1.98. The second-order valence-electron chi connectivity index (χ2n) is 5.11. The number of sulfonamides is 1. The average molecular weight is 364 g/mol. The van der Waals surface area contributed by atoms with E-state index < -0.39 is 16.1 Å². The van der Waals surface area contributed by atoms with Crippen LogP contribution in [0.25, 0.3) is 0 Å². The van der Waals surface area contributed by atoms with Crippen molar-refractivity contribution in [1.29, 1.82) is 0 Å². The molecular weight excluding hydrogens is 344 g/mol. The highest BCUT2D eigenvalue weighted by molar-refractivity contribution is 7.88. The summed E-state index contributed by atoms with van der Waals surface area (Å²) in [4.78, 5) is 15.7. The van der Waals surface area contributed by atoms with Gasteiger partial charge in [0.1, 0.15) is 0 Å². The van der Waals surface area contributed by atoms with Crippen molar-refractivity contribution < 1.29 is 17.9 Å². The summed E-state index contributed by atoms with van der Waals surface area (Å²) in [5, 5.41) is 5.15. The van der Waals surface area contributed by atoms with Crippen molar-refractivity contribution in [2.24, 2.45) is 0 Å². The van der Waals surface area contributed by atoms with Crippen molar-refractivity contribution in [1.82, 2.24) is 15.0 Å². The van der Waals surface area contributed by atoms with Crippen LogP contribution in [0.2, 0.25) is 0 Å². The topological polar surface area (TPSA) is 109 Å². The number of urea groups is 1. The lowest BCUT2D eigenvalue weighted by Gasteiger charge is -2.09. The van der Waals surface area contributed by atoms with Crippen molar-refractivity contribution in [3.05, 3.63) is 54.2 Å². The lowest BCUT2D eigenvalue weighted by Crippen LogP contribution is -2.37. The van der Waals surface area contributed by atoms with E-state index in [4.69, 9.17) is 4.74 Å². The predicted octanol–water partition coefficient (Wildman–Crippen LogP) is 1.33. The monoisotopic (exact) mass is 364 g/mol. The molecule has 0 aliphatic rings. The molecule has 0 bridgehead atoms. The number of pyridine rings is 1. The first kappa shape index (κ1) is 18.7. The van der Waals surface area contributed by atoms with Gasteiger partial charge in [0.05, 0.1) is 24.7 Å². The molecule has 2 rings (SSSR count). The molecule has 0 saturated carbocycles. The molecule has 9 heteroatoms. The average Bonchev–Trinajstić information content (AvgIpc) is 2.60. The maximum Gasteiger partial charge on any atom is 0.319 e. The van der Waals surface area contributed by atoms with Gasteiger partial charge >= 0.3 is 6.03 Å². The zero-order chi connectivity index (χ0) is 18.1. The molecule has 0 radical (unpaired) electrons. The molecule has 0 saturated heterocycles. The Morgan fingerprint density at radius 3 is 2.52 bits per heavy atom. The van der Waals surface area contributed by atoms with E-state index in [2.05, 4.69) is 20.3 Å². The summed E-state index contributed by atoms with van der Waals surface area (Å²) >= 11 is 0. The lowest BCUT2D eigenvalue weighted by molar-refractivity contribution is 0.252. The number of nitrogens with zero attached hydrogens (tertiary/aromatic N) is 1. The van der Waals surface area contributed by atoms with Crippen LogP contribution >= 0.6 is 0 Å². The molecule has 2 aromatic rings. The minimum Gasteiger partial charge on any atom is -0.481 e. The number of hydrogen-bond acceptors (Lipinski definition) is 5. The van der Waals surface area contributed by atoms with Gasteiger partial charge in [-0.05, 0) is 11.6 Å². The van der Waals surface area contributed by atoms with Gasteiger partial charge in [-0.25, -0.2) is 22.9 Å². The van der Waals surface area contributed by atoms with Crippen LogP contribution in [0.5, 0.6) is 5.88 Å². The Morgan fingerprint density at radius 1 is 1.12 bits per heavy atom. The SMILES string of the molecule is COc1ccc(NC(=O)NCCNS(=O)(=O)Cc2ccccc2)cn1. The van der Waals surface area contributed by atoms with Gasteiger partial charge in [0.2, 0.25) is 15.9 Å². The number of benzene rings is 1. The third-order valence-corrected chi connectivity index (χ3v) is 4.49. The molecule has 1 aromatic carbocycles. The number of rotatable bonds is 8. The molecule has 2 amide bonds. The standard InChI is InChI=1S/C16H20N4O4S/c1-24-15-8-7-14(11-18-15)20-16(21)17-9-10-19-25(22,23)12-13-5-3-2-4-6-13/h2-8,11,19H,9-10,12H2,1H3,(H2,17,20,21). The molecule has 25 heavy (non-hydrogen) atoms. The highest BCUT2D eigenvalue weighted by Gasteiger charge is 2.10. The van der Waals surface area contributed by atoms with Crippen molar-refractivity contribution in [2.75, 3.05) is 25.5 Å². The van der Waals surface area contributed by atoms with E-state index in [0.29, 0.717) is 17.1 Å². The molecule has 0 atom stereocenters. The minimum absolute atomic E-state index is 0.0996. The molecular formula is C16H20N4O4S. The molecule has 0 unspecified atom stereocenters. The molecule has 0 fully saturated rings. The summed E-state index contributed by atoms with van der Waals surface area (Å²) in [7, 11) is -1.94. The van der Waals surface area contributed by atoms with Gasteiger partial charge < -0.3 is 15.4 Å². The van der Waals surface area contributed by atoms with Crippen LogP contribution < -0.4 is 20.1 Å². The van der Waals surface area contributed by atoms with Gasteiger partial charge in [-0.15, -0.1) is 0 Å². The zero-order valence-corrected chi connectivity index (χ0v) is 14.5. The van der Waals surface area contributed by atoms with E-state index in [-0.39, 0.29) is 18.8 Å². The lowest BCUT2D eigenvalue weighted by atomic mass is 10.2. The van der Waals surface area contributed by atoms with Crippen LogP contribution in [0.3, 0.4) is 0 Å². The first-order chi connectivity index (χ1) is 12.0. The number of anilines is 1. The number of nitrogens with one attached hydrogen (secondary N) is 3. The Kier molecular flexibility index (Phi) is 6.72. The number of ether oxygens (including phenoxy) is 1. The molecule has 8 nitrogen and oxygen atoms in total. The smallest absolute Gasteiger partial charge is 0.319 e. The van der Waals surface area contributed by atoms with Gasteiger partial charge in [0, 0.05) is 19.2 Å². The summed E-state index contributed by atoms with van der Waals surface area (Å²) in [6, 6.07) is 11.7. The minimum atomic E-state index is -3.44. The summed E-state index contributed by atoms with van der Waals surface area (Å²) < 4.78 is 31.2. The fourth-order valence-corrected chi connectivity index (χ4v) is 3.12. The van der Waals surface area contributed by atoms with Gasteiger partial charge in [-0.1, -0.05) is 30.3 Å². The Labute approximate surface area is 146 Å². The highest BCUT2D eigenvalue weighted by Crippen LogP contribution is 2.10. The molecule has 134 valence electrons. The first-order valence-electron chi connectivity index (χ1n) is 7.55. The third-order valence-electron chi connectivity index (χ3n) is 3.14. The Bertz CT molecular complexity index is 780. The summed E-state index contributed by atoms with van der Waals surface area (Å²) in [5.74, 6) is 0.344. The van der Waals surface area contributed by atoms with Gasteiger partial charge in [0.25, 0.3) is 0 Å². The fraction of sp³-hybridized carbons (Fsp3) is 0.250. The van der Waals surface area contributed by atoms with Crippen molar-refractivity contribution in [3.63, 3.8) is 0 Å². The quantitative estimate of drug-likeness (QED) is 0.612. The van der Waals surface area contributed by atoms with E-state index in [1.807, 2.05) is 6.07 Å². The van der Waals surface area contributed by atoms with Crippen molar-refractivity contribution in [3.8, 4) is 5.88 Å². The number of carbonyl (C=O) groups excluding carboxylic acids is 1. The molecule has 1 aromatic heterocycles. The molecule has 1 heterocycles. The van der Waals surface area contributed by atoms with E-state index in [9.17, 15) is 13.2 Å². The van der Waals surface area contributed by atoms with E-state index in [1.165, 1.54) is 13.3 Å². The summed E-state index contributed by atoms with van der Waals surface area (Å²) in [5.41, 5.74) is 1.20. The maximum atomic E-state index is 11.9. The normalized spacial score (nSPS) is 10.9. The van der Waals surface area contributed by atoms with Crippen molar-refractivity contribution in [2.45, 2.75) is 5.75 Å². The van der Waals surface area contributed by atoms with Crippen LogP contribution in [0.1, 0.15) is 5.56 Å². The van der Waals surface area contributed by atoms with Crippen LogP contribution in [0.15, 0.2) is 48.7 Å². The second kappa shape index (κ2) is 9.00. The Balaban J connectivity index is 1.70. The van der Waals surface area contributed by atoms with E-state index in [0.717, 1.165) is 0 Å². The van der Waals surface area contributed by atoms with Crippen LogP contribution in [-0.4, -0.2) is 39.6 Å². The summed E-state index contributed by atoms with van der Waals surface area (Å²) in [6.07, 6.45) is 1.46. The van der Waals surface area contributed by atoms with E-state index >= 15 is 0 Å². The van der Waals surface area contributed by atoms with Gasteiger partial charge in [-0.3, -0.25) is 0 Å². The summed E-state index contributed by atoms with van der Waals surface area (Å²) in [6.45, 7) is 0.257. The Hall–Kier alpha value is -2.65. The number of aromatic nitrogens is 1. The number of methoxy groups -OCH3 is 1. The molecule has 0 aliphatic heterocycles. The second-order valence-corrected chi connectivity index (χ2v) is 6.92. The number of carbonyl (C=O) groups is 1. The number of amides is 2. The Morgan fingerprint density at radius 2 is 1.88 bits per heavy atom. The highest BCUT2D eigenvalue weighted by atomic mass is 32.2. The first-order valence-corrected chi connectivity index (χ1v) is 9.20. The largest absolute Gasteiger partial charge is 0.481 e. The molecule has 3 N–H and O–H groups in total.